The molecule has 92 valence electrons. The first-order valence-corrected chi connectivity index (χ1v) is 5.47. The Morgan fingerprint density at radius 1 is 0.889 bits per heavy atom. The molecule has 18 heavy (non-hydrogen) atoms. The van der Waals surface area contributed by atoms with E-state index in [-0.39, 0.29) is 0 Å². The van der Waals surface area contributed by atoms with E-state index >= 15 is 0 Å². The molecule has 0 aromatic heterocycles. The Bertz CT molecular complexity index is 511. The Morgan fingerprint density at radius 2 is 1.56 bits per heavy atom. The zero-order valence-electron chi connectivity index (χ0n) is 9.91. The summed E-state index contributed by atoms with van der Waals surface area (Å²) in [4.78, 5) is 0. The van der Waals surface area contributed by atoms with Gasteiger partial charge in [0.25, 0.3) is 0 Å². The van der Waals surface area contributed by atoms with E-state index in [9.17, 15) is 0 Å². The van der Waals surface area contributed by atoms with Gasteiger partial charge in [-0.3, -0.25) is 0 Å². The number of benzene rings is 2. The van der Waals surface area contributed by atoms with Crippen molar-refractivity contribution in [2.45, 2.75) is 0 Å². The van der Waals surface area contributed by atoms with Gasteiger partial charge < -0.3 is 19.5 Å². The maximum Gasteiger partial charge on any atom is 0.488 e. The molecule has 0 spiro atoms. The fraction of sp³-hybridized carbons (Fsp3) is 0.0769. The van der Waals surface area contributed by atoms with Crippen LogP contribution in [0.15, 0.2) is 48.5 Å². The Labute approximate surface area is 106 Å². The summed E-state index contributed by atoms with van der Waals surface area (Å²) in [6.45, 7) is 0. The quantitative estimate of drug-likeness (QED) is 0.792. The van der Waals surface area contributed by atoms with Crippen molar-refractivity contribution in [3.05, 3.63) is 48.5 Å². The normalized spacial score (nSPS) is 9.94. The van der Waals surface area contributed by atoms with E-state index in [1.165, 1.54) is 0 Å². The molecule has 4 nitrogen and oxygen atoms in total. The van der Waals surface area contributed by atoms with E-state index in [4.69, 9.17) is 19.5 Å². The van der Waals surface area contributed by atoms with Crippen LogP contribution >= 0.6 is 0 Å². The first-order valence-electron chi connectivity index (χ1n) is 5.47. The molecule has 0 bridgehead atoms. The third-order valence-electron chi connectivity index (χ3n) is 2.46. The number of hydrogen-bond acceptors (Lipinski definition) is 4. The van der Waals surface area contributed by atoms with Crippen molar-refractivity contribution in [2.75, 3.05) is 7.11 Å². The zero-order valence-corrected chi connectivity index (χ0v) is 9.91. The van der Waals surface area contributed by atoms with Crippen LogP contribution in [0.1, 0.15) is 0 Å². The monoisotopic (exact) mass is 244 g/mol. The molecule has 0 atom stereocenters. The van der Waals surface area contributed by atoms with E-state index in [1.807, 2.05) is 18.2 Å². The van der Waals surface area contributed by atoms with Gasteiger partial charge in [0.2, 0.25) is 0 Å². The Morgan fingerprint density at radius 3 is 2.17 bits per heavy atom. The summed E-state index contributed by atoms with van der Waals surface area (Å²) < 4.78 is 10.7. The minimum absolute atomic E-state index is 0.424. The maximum atomic E-state index is 8.97. The van der Waals surface area contributed by atoms with Gasteiger partial charge in [0, 0.05) is 6.07 Å². The predicted octanol–water partition coefficient (Wildman–Crippen LogP) is 1.17. The predicted molar refractivity (Wildman–Crippen MR) is 69.3 cm³/mol. The molecular weight excluding hydrogens is 231 g/mol. The molecule has 0 radical (unpaired) electrons. The minimum atomic E-state index is -1.46. The Kier molecular flexibility index (Phi) is 3.87. The molecule has 0 saturated heterocycles. The second-order valence-electron chi connectivity index (χ2n) is 3.72. The number of hydrogen-bond donors (Lipinski definition) is 2. The highest BCUT2D eigenvalue weighted by Gasteiger charge is 2.10. The lowest BCUT2D eigenvalue weighted by molar-refractivity contribution is 0.409. The summed E-state index contributed by atoms with van der Waals surface area (Å²) >= 11 is 0. The fourth-order valence-corrected chi connectivity index (χ4v) is 1.51. The van der Waals surface area contributed by atoms with Crippen LogP contribution in [0.5, 0.6) is 17.2 Å². The van der Waals surface area contributed by atoms with Gasteiger partial charge in [0.1, 0.15) is 17.2 Å². The van der Waals surface area contributed by atoms with Crippen molar-refractivity contribution in [1.29, 1.82) is 0 Å². The smallest absolute Gasteiger partial charge is 0.488 e. The average molecular weight is 244 g/mol. The summed E-state index contributed by atoms with van der Waals surface area (Å²) in [5.74, 6) is 1.99. The maximum absolute atomic E-state index is 8.97. The molecular formula is C13H13BO4. The molecule has 0 fully saturated rings. The molecule has 2 N–H and O–H groups in total. The van der Waals surface area contributed by atoms with E-state index in [2.05, 4.69) is 0 Å². The van der Waals surface area contributed by atoms with E-state index in [0.717, 1.165) is 5.75 Å². The van der Waals surface area contributed by atoms with E-state index < -0.39 is 7.12 Å². The molecule has 2 rings (SSSR count). The molecule has 0 saturated carbocycles. The van der Waals surface area contributed by atoms with Crippen LogP contribution in [0.4, 0.5) is 0 Å². The summed E-state index contributed by atoms with van der Waals surface area (Å²) in [7, 11) is 0.132. The second kappa shape index (κ2) is 5.57. The van der Waals surface area contributed by atoms with E-state index in [0.29, 0.717) is 17.0 Å². The third kappa shape index (κ3) is 3.03. The summed E-state index contributed by atoms with van der Waals surface area (Å²) in [5.41, 5.74) is 0.424. The van der Waals surface area contributed by atoms with Gasteiger partial charge in [-0.25, -0.2) is 0 Å². The topological polar surface area (TPSA) is 58.9 Å². The standard InChI is InChI=1S/C13H13BO4/c1-17-12-3-2-4-13(9-12)18-11-7-5-10(6-8-11)14(15)16/h2-9,15-16H,1H3. The molecule has 0 amide bonds. The lowest BCUT2D eigenvalue weighted by atomic mass is 9.80. The minimum Gasteiger partial charge on any atom is -0.497 e. The summed E-state index contributed by atoms with van der Waals surface area (Å²) in [6.07, 6.45) is 0. The Hall–Kier alpha value is -1.98. The van der Waals surface area contributed by atoms with Gasteiger partial charge >= 0.3 is 7.12 Å². The highest BCUT2D eigenvalue weighted by atomic mass is 16.5. The summed E-state index contributed by atoms with van der Waals surface area (Å²) in [5, 5.41) is 17.9. The number of methoxy groups -OCH3 is 1. The first-order chi connectivity index (χ1) is 8.69. The molecule has 0 aliphatic rings. The molecule has 2 aromatic rings. The van der Waals surface area contributed by atoms with E-state index in [1.54, 1.807) is 37.4 Å². The van der Waals surface area contributed by atoms with Crippen LogP contribution in [-0.2, 0) is 0 Å². The molecule has 0 heterocycles. The highest BCUT2D eigenvalue weighted by Crippen LogP contribution is 2.24. The van der Waals surface area contributed by atoms with Crippen molar-refractivity contribution < 1.29 is 19.5 Å². The average Bonchev–Trinajstić information content (AvgIpc) is 2.39. The molecule has 2 aromatic carbocycles. The van der Waals surface area contributed by atoms with Crippen LogP contribution in [0.2, 0.25) is 0 Å². The van der Waals surface area contributed by atoms with Gasteiger partial charge in [0.15, 0.2) is 0 Å². The van der Waals surface area contributed by atoms with Crippen LogP contribution < -0.4 is 14.9 Å². The number of rotatable bonds is 4. The van der Waals surface area contributed by atoms with Gasteiger partial charge in [-0.05, 0) is 29.7 Å². The lowest BCUT2D eigenvalue weighted by Gasteiger charge is -2.08. The lowest BCUT2D eigenvalue weighted by Crippen LogP contribution is -2.29. The van der Waals surface area contributed by atoms with Crippen molar-refractivity contribution in [3.8, 4) is 17.2 Å². The SMILES string of the molecule is COc1cccc(Oc2ccc(B(O)O)cc2)c1. The van der Waals surface area contributed by atoms with Crippen molar-refractivity contribution >= 4 is 12.6 Å². The van der Waals surface area contributed by atoms with Crippen molar-refractivity contribution in [2.24, 2.45) is 0 Å². The highest BCUT2D eigenvalue weighted by molar-refractivity contribution is 6.58. The fourth-order valence-electron chi connectivity index (χ4n) is 1.51. The molecule has 5 heteroatoms. The van der Waals surface area contributed by atoms with Crippen molar-refractivity contribution in [1.82, 2.24) is 0 Å². The molecule has 0 unspecified atom stereocenters. The van der Waals surface area contributed by atoms with Crippen LogP contribution in [0.3, 0.4) is 0 Å². The summed E-state index contributed by atoms with van der Waals surface area (Å²) in [6, 6.07) is 13.8. The van der Waals surface area contributed by atoms with Crippen LogP contribution in [-0.4, -0.2) is 24.3 Å². The largest absolute Gasteiger partial charge is 0.497 e. The molecule has 0 aliphatic carbocycles. The van der Waals surface area contributed by atoms with Crippen LogP contribution in [0, 0.1) is 0 Å². The third-order valence-corrected chi connectivity index (χ3v) is 2.46. The van der Waals surface area contributed by atoms with Crippen molar-refractivity contribution in [3.63, 3.8) is 0 Å². The van der Waals surface area contributed by atoms with Gasteiger partial charge in [-0.15, -0.1) is 0 Å². The zero-order chi connectivity index (χ0) is 13.0. The second-order valence-corrected chi connectivity index (χ2v) is 3.72. The number of ether oxygens (including phenoxy) is 2. The molecule has 0 aliphatic heterocycles. The first kappa shape index (κ1) is 12.5. The Balaban J connectivity index is 2.13. The van der Waals surface area contributed by atoms with Gasteiger partial charge in [0.05, 0.1) is 7.11 Å². The van der Waals surface area contributed by atoms with Gasteiger partial charge in [-0.2, -0.15) is 0 Å². The van der Waals surface area contributed by atoms with Crippen LogP contribution in [0.25, 0.3) is 0 Å². The van der Waals surface area contributed by atoms with Gasteiger partial charge in [-0.1, -0.05) is 18.2 Å².